The first-order chi connectivity index (χ1) is 6.93. The van der Waals surface area contributed by atoms with Crippen molar-refractivity contribution in [3.05, 3.63) is 28.5 Å². The first-order valence-corrected chi connectivity index (χ1v) is 5.23. The lowest BCUT2D eigenvalue weighted by atomic mass is 9.97. The van der Waals surface area contributed by atoms with Crippen LogP contribution < -0.4 is 5.73 Å². The number of nitrogens with two attached hydrogens (primary N) is 1. The Bertz CT molecular complexity index is 358. The summed E-state index contributed by atoms with van der Waals surface area (Å²) in [5, 5.41) is 9.83. The van der Waals surface area contributed by atoms with Gasteiger partial charge in [-0.25, -0.2) is 4.39 Å². The molecule has 0 aliphatic rings. The fourth-order valence-corrected chi connectivity index (χ4v) is 1.83. The molecule has 0 radical (unpaired) electrons. The maximum absolute atomic E-state index is 13.1. The van der Waals surface area contributed by atoms with Gasteiger partial charge in [0.25, 0.3) is 0 Å². The third kappa shape index (κ3) is 3.51. The summed E-state index contributed by atoms with van der Waals surface area (Å²) < 4.78 is 13.1. The van der Waals surface area contributed by atoms with Crippen molar-refractivity contribution < 1.29 is 9.50 Å². The highest BCUT2D eigenvalue weighted by Crippen LogP contribution is 2.34. The molecule has 1 rings (SSSR count). The normalized spacial score (nSPS) is 12.4. The number of hydrogen-bond acceptors (Lipinski definition) is 2. The summed E-state index contributed by atoms with van der Waals surface area (Å²) in [6.07, 6.45) is 0.650. The van der Waals surface area contributed by atoms with Gasteiger partial charge in [-0.3, -0.25) is 0 Å². The summed E-state index contributed by atoms with van der Waals surface area (Å²) in [5.41, 5.74) is 6.15. The van der Waals surface area contributed by atoms with Crippen LogP contribution in [-0.4, -0.2) is 5.11 Å². The lowest BCUT2D eigenvalue weighted by Crippen LogP contribution is -2.14. The van der Waals surface area contributed by atoms with E-state index in [-0.39, 0.29) is 12.4 Å². The number of phenolic OH excluding ortho intramolecular Hbond substituents is 1. The van der Waals surface area contributed by atoms with E-state index >= 15 is 0 Å². The van der Waals surface area contributed by atoms with E-state index in [4.69, 9.17) is 17.3 Å². The molecule has 16 heavy (non-hydrogen) atoms. The van der Waals surface area contributed by atoms with Gasteiger partial charge in [-0.2, -0.15) is 0 Å². The Hall–Kier alpha value is -0.510. The molecule has 1 atom stereocenters. The molecule has 0 saturated carbocycles. The third-order valence-electron chi connectivity index (χ3n) is 2.21. The molecule has 92 valence electrons. The fraction of sp³-hybridized carbons (Fsp3) is 0.455. The smallest absolute Gasteiger partial charge is 0.165 e. The minimum Gasteiger partial charge on any atom is -0.505 e. The zero-order valence-corrected chi connectivity index (χ0v) is 10.8. The molecule has 1 aromatic carbocycles. The quantitative estimate of drug-likeness (QED) is 0.878. The van der Waals surface area contributed by atoms with E-state index in [9.17, 15) is 9.50 Å². The van der Waals surface area contributed by atoms with Gasteiger partial charge >= 0.3 is 0 Å². The summed E-state index contributed by atoms with van der Waals surface area (Å²) in [6, 6.07) is 2.10. The summed E-state index contributed by atoms with van der Waals surface area (Å²) in [7, 11) is 0. The van der Waals surface area contributed by atoms with Gasteiger partial charge in [0, 0.05) is 16.6 Å². The van der Waals surface area contributed by atoms with Crippen molar-refractivity contribution in [1.29, 1.82) is 0 Å². The molecule has 0 spiro atoms. The Morgan fingerprint density at radius 1 is 1.44 bits per heavy atom. The van der Waals surface area contributed by atoms with E-state index in [0.29, 0.717) is 22.9 Å². The van der Waals surface area contributed by atoms with Gasteiger partial charge in [-0.15, -0.1) is 12.4 Å². The summed E-state index contributed by atoms with van der Waals surface area (Å²) in [4.78, 5) is 0. The molecule has 2 nitrogen and oxygen atoms in total. The van der Waals surface area contributed by atoms with Crippen LogP contribution in [0.25, 0.3) is 0 Å². The minimum atomic E-state index is -0.686. The summed E-state index contributed by atoms with van der Waals surface area (Å²) in [6.45, 7) is 4.01. The van der Waals surface area contributed by atoms with E-state index < -0.39 is 17.6 Å². The second-order valence-corrected chi connectivity index (χ2v) is 4.43. The summed E-state index contributed by atoms with van der Waals surface area (Å²) in [5.74, 6) is -0.761. The number of hydrogen-bond donors (Lipinski definition) is 2. The van der Waals surface area contributed by atoms with Crippen molar-refractivity contribution >= 4 is 24.0 Å². The number of phenols is 1. The molecule has 0 fully saturated rings. The van der Waals surface area contributed by atoms with E-state index in [1.165, 1.54) is 6.07 Å². The second kappa shape index (κ2) is 6.28. The second-order valence-electron chi connectivity index (χ2n) is 4.03. The van der Waals surface area contributed by atoms with Gasteiger partial charge in [0.1, 0.15) is 0 Å². The largest absolute Gasteiger partial charge is 0.505 e. The van der Waals surface area contributed by atoms with Crippen LogP contribution in [0.15, 0.2) is 12.1 Å². The van der Waals surface area contributed by atoms with Crippen LogP contribution in [0.3, 0.4) is 0 Å². The number of aromatic hydroxyl groups is 1. The molecule has 0 unspecified atom stereocenters. The molecule has 0 aromatic heterocycles. The van der Waals surface area contributed by atoms with Crippen molar-refractivity contribution in [1.82, 2.24) is 0 Å². The van der Waals surface area contributed by atoms with Gasteiger partial charge in [0.2, 0.25) is 0 Å². The monoisotopic (exact) mass is 267 g/mol. The Kier molecular flexibility index (Phi) is 6.08. The molecule has 1 aromatic rings. The molecule has 0 saturated heterocycles. The lowest BCUT2D eigenvalue weighted by molar-refractivity contribution is 0.411. The highest BCUT2D eigenvalue weighted by Gasteiger charge is 2.18. The van der Waals surface area contributed by atoms with Crippen LogP contribution >= 0.6 is 24.0 Å². The van der Waals surface area contributed by atoms with Gasteiger partial charge in [0.05, 0.1) is 0 Å². The van der Waals surface area contributed by atoms with E-state index in [1.54, 1.807) is 0 Å². The molecule has 0 amide bonds. The van der Waals surface area contributed by atoms with Gasteiger partial charge in [-0.05, 0) is 24.5 Å². The van der Waals surface area contributed by atoms with Crippen molar-refractivity contribution in [3.8, 4) is 5.75 Å². The fourth-order valence-electron chi connectivity index (χ4n) is 1.54. The molecular weight excluding hydrogens is 252 g/mol. The molecule has 0 aliphatic heterocycles. The Morgan fingerprint density at radius 3 is 2.50 bits per heavy atom. The Labute approximate surface area is 106 Å². The minimum absolute atomic E-state index is 0. The van der Waals surface area contributed by atoms with Gasteiger partial charge in [-0.1, -0.05) is 25.4 Å². The van der Waals surface area contributed by atoms with Gasteiger partial charge < -0.3 is 10.8 Å². The SMILES string of the molecule is CC(C)C[C@H](N)c1c(Cl)ccc(F)c1O.Cl. The molecule has 0 aliphatic carbocycles. The van der Waals surface area contributed by atoms with Crippen molar-refractivity contribution in [3.63, 3.8) is 0 Å². The summed E-state index contributed by atoms with van der Waals surface area (Å²) >= 11 is 5.87. The maximum atomic E-state index is 13.1. The van der Waals surface area contributed by atoms with Crippen LogP contribution in [-0.2, 0) is 0 Å². The lowest BCUT2D eigenvalue weighted by Gasteiger charge is -2.17. The third-order valence-corrected chi connectivity index (χ3v) is 2.54. The number of rotatable bonds is 3. The zero-order valence-electron chi connectivity index (χ0n) is 9.21. The Balaban J connectivity index is 0.00000225. The molecule has 3 N–H and O–H groups in total. The predicted octanol–water partition coefficient (Wildman–Crippen LogP) is 3.65. The first-order valence-electron chi connectivity index (χ1n) is 4.86. The molecule has 5 heteroatoms. The van der Waals surface area contributed by atoms with Crippen molar-refractivity contribution in [2.45, 2.75) is 26.3 Å². The van der Waals surface area contributed by atoms with Crippen LogP contribution in [0.5, 0.6) is 5.75 Å². The van der Waals surface area contributed by atoms with Crippen molar-refractivity contribution in [2.24, 2.45) is 11.7 Å². The van der Waals surface area contributed by atoms with E-state index in [1.807, 2.05) is 13.8 Å². The number of benzene rings is 1. The highest BCUT2D eigenvalue weighted by molar-refractivity contribution is 6.31. The average Bonchev–Trinajstić information content (AvgIpc) is 2.11. The van der Waals surface area contributed by atoms with Crippen LogP contribution in [0.2, 0.25) is 5.02 Å². The number of halogens is 3. The zero-order chi connectivity index (χ0) is 11.6. The molecule has 0 bridgehead atoms. The average molecular weight is 268 g/mol. The Morgan fingerprint density at radius 2 is 2.00 bits per heavy atom. The predicted molar refractivity (Wildman–Crippen MR) is 66.7 cm³/mol. The van der Waals surface area contributed by atoms with Crippen LogP contribution in [0.4, 0.5) is 4.39 Å². The van der Waals surface area contributed by atoms with Crippen molar-refractivity contribution in [2.75, 3.05) is 0 Å². The first kappa shape index (κ1) is 15.5. The molecular formula is C11H16Cl2FNO. The highest BCUT2D eigenvalue weighted by atomic mass is 35.5. The van der Waals surface area contributed by atoms with Gasteiger partial charge in [0.15, 0.2) is 11.6 Å². The standard InChI is InChI=1S/C11H15ClFNO.ClH/c1-6(2)5-9(14)10-7(12)3-4-8(13)11(10)15;/h3-4,6,9,15H,5,14H2,1-2H3;1H/t9-;/m0./s1. The van der Waals surface area contributed by atoms with Crippen LogP contribution in [0, 0.1) is 11.7 Å². The molecule has 0 heterocycles. The van der Waals surface area contributed by atoms with Crippen LogP contribution in [0.1, 0.15) is 31.9 Å². The van der Waals surface area contributed by atoms with E-state index in [2.05, 4.69) is 0 Å². The topological polar surface area (TPSA) is 46.2 Å². The van der Waals surface area contributed by atoms with E-state index in [0.717, 1.165) is 6.07 Å². The maximum Gasteiger partial charge on any atom is 0.165 e.